The summed E-state index contributed by atoms with van der Waals surface area (Å²) in [4.78, 5) is 0. The molecular formula is C13H15BrO. The first-order valence-electron chi connectivity index (χ1n) is 5.20. The Hall–Kier alpha value is -0.760. The second-order valence-electron chi connectivity index (χ2n) is 4.15. The summed E-state index contributed by atoms with van der Waals surface area (Å²) in [7, 11) is 1.71. The predicted molar refractivity (Wildman–Crippen MR) is 67.2 cm³/mol. The summed E-state index contributed by atoms with van der Waals surface area (Å²) in [5.41, 5.74) is 4.17. The molecule has 0 aromatic heterocycles. The number of hydrogen-bond donors (Lipinski definition) is 0. The molecule has 1 aromatic carbocycles. The van der Waals surface area contributed by atoms with E-state index in [1.165, 1.54) is 16.7 Å². The van der Waals surface area contributed by atoms with Crippen molar-refractivity contribution in [1.29, 1.82) is 0 Å². The molecule has 80 valence electrons. The van der Waals surface area contributed by atoms with E-state index >= 15 is 0 Å². The summed E-state index contributed by atoms with van der Waals surface area (Å²) in [6.07, 6.45) is 3.35. The lowest BCUT2D eigenvalue weighted by Gasteiger charge is -2.12. The minimum atomic E-state index is 0.574. The monoisotopic (exact) mass is 266 g/mol. The minimum absolute atomic E-state index is 0.574. The number of rotatable bonds is 2. The Bertz CT molecular complexity index is 419. The van der Waals surface area contributed by atoms with Crippen molar-refractivity contribution in [2.45, 2.75) is 20.3 Å². The van der Waals surface area contributed by atoms with Crippen molar-refractivity contribution in [3.8, 4) is 5.75 Å². The second-order valence-corrected chi connectivity index (χ2v) is 5.01. The lowest BCUT2D eigenvalue weighted by molar-refractivity contribution is 0.414. The van der Waals surface area contributed by atoms with Gasteiger partial charge in [-0.1, -0.05) is 35.9 Å². The van der Waals surface area contributed by atoms with Crippen LogP contribution in [0.5, 0.6) is 5.75 Å². The number of ether oxygens (including phenoxy) is 1. The maximum Gasteiger partial charge on any atom is 0.120 e. The van der Waals surface area contributed by atoms with E-state index in [9.17, 15) is 0 Å². The number of benzene rings is 1. The number of methoxy groups -OCH3 is 1. The zero-order valence-electron chi connectivity index (χ0n) is 9.30. The van der Waals surface area contributed by atoms with Crippen LogP contribution >= 0.6 is 15.9 Å². The molecule has 1 aromatic rings. The zero-order valence-corrected chi connectivity index (χ0v) is 10.9. The van der Waals surface area contributed by atoms with Crippen molar-refractivity contribution in [1.82, 2.24) is 0 Å². The highest BCUT2D eigenvalue weighted by Gasteiger charge is 2.19. The van der Waals surface area contributed by atoms with E-state index in [4.69, 9.17) is 4.74 Å². The quantitative estimate of drug-likeness (QED) is 0.785. The predicted octanol–water partition coefficient (Wildman–Crippen LogP) is 4.05. The topological polar surface area (TPSA) is 9.23 Å². The van der Waals surface area contributed by atoms with E-state index in [2.05, 4.69) is 41.9 Å². The van der Waals surface area contributed by atoms with Gasteiger partial charge in [-0.05, 0) is 41.2 Å². The summed E-state index contributed by atoms with van der Waals surface area (Å²) in [6, 6.07) is 4.18. The largest absolute Gasteiger partial charge is 0.497 e. The van der Waals surface area contributed by atoms with E-state index in [1.807, 2.05) is 6.07 Å². The van der Waals surface area contributed by atoms with Crippen molar-refractivity contribution in [2.75, 3.05) is 7.11 Å². The van der Waals surface area contributed by atoms with Crippen LogP contribution in [0.15, 0.2) is 22.7 Å². The highest BCUT2D eigenvalue weighted by Crippen LogP contribution is 2.39. The molecule has 0 unspecified atom stereocenters. The molecule has 0 N–H and O–H groups in total. The molecule has 15 heavy (non-hydrogen) atoms. The first-order chi connectivity index (χ1) is 7.13. The van der Waals surface area contributed by atoms with Crippen LogP contribution < -0.4 is 4.74 Å². The van der Waals surface area contributed by atoms with E-state index < -0.39 is 0 Å². The molecule has 0 amide bonds. The number of fused-ring (bicyclic) bond motifs is 1. The van der Waals surface area contributed by atoms with Crippen LogP contribution in [0.25, 0.3) is 5.57 Å². The van der Waals surface area contributed by atoms with Crippen molar-refractivity contribution >= 4 is 21.5 Å². The summed E-state index contributed by atoms with van der Waals surface area (Å²) in [6.45, 7) is 4.46. The fourth-order valence-electron chi connectivity index (χ4n) is 2.06. The molecule has 1 aliphatic carbocycles. The Morgan fingerprint density at radius 2 is 2.07 bits per heavy atom. The van der Waals surface area contributed by atoms with Gasteiger partial charge in [-0.3, -0.25) is 0 Å². The van der Waals surface area contributed by atoms with Gasteiger partial charge in [-0.25, -0.2) is 0 Å². The average Bonchev–Trinajstić information content (AvgIpc) is 2.61. The SMILES string of the molecule is COc1cc(Br)c2c(c1)C(C(C)C)=CC2. The molecule has 0 spiro atoms. The van der Waals surface area contributed by atoms with Crippen molar-refractivity contribution in [2.24, 2.45) is 5.92 Å². The van der Waals surface area contributed by atoms with E-state index in [0.29, 0.717) is 5.92 Å². The second kappa shape index (κ2) is 4.01. The first-order valence-corrected chi connectivity index (χ1v) is 5.99. The van der Waals surface area contributed by atoms with E-state index in [-0.39, 0.29) is 0 Å². The van der Waals surface area contributed by atoms with Gasteiger partial charge in [-0.15, -0.1) is 0 Å². The minimum Gasteiger partial charge on any atom is -0.497 e. The third kappa shape index (κ3) is 1.83. The molecule has 1 nitrogen and oxygen atoms in total. The molecule has 0 aliphatic heterocycles. The van der Waals surface area contributed by atoms with Gasteiger partial charge in [0.25, 0.3) is 0 Å². The Morgan fingerprint density at radius 1 is 1.33 bits per heavy atom. The summed E-state index contributed by atoms with van der Waals surface area (Å²) >= 11 is 3.60. The molecule has 2 heteroatoms. The smallest absolute Gasteiger partial charge is 0.120 e. The number of hydrogen-bond acceptors (Lipinski definition) is 1. The molecule has 0 saturated carbocycles. The zero-order chi connectivity index (χ0) is 11.0. The van der Waals surface area contributed by atoms with Gasteiger partial charge in [0.1, 0.15) is 5.75 Å². The molecule has 0 saturated heterocycles. The number of halogens is 1. The van der Waals surface area contributed by atoms with Crippen LogP contribution in [0.3, 0.4) is 0 Å². The van der Waals surface area contributed by atoms with Gasteiger partial charge < -0.3 is 4.74 Å². The van der Waals surface area contributed by atoms with Gasteiger partial charge in [0.2, 0.25) is 0 Å². The molecule has 2 rings (SSSR count). The third-order valence-electron chi connectivity index (χ3n) is 2.86. The molecule has 1 aliphatic rings. The lowest BCUT2D eigenvalue weighted by Crippen LogP contribution is -1.94. The van der Waals surface area contributed by atoms with Crippen molar-refractivity contribution < 1.29 is 4.74 Å². The average molecular weight is 267 g/mol. The molecule has 0 heterocycles. The fourth-order valence-corrected chi connectivity index (χ4v) is 2.66. The molecule has 0 bridgehead atoms. The molecule has 0 atom stereocenters. The van der Waals surface area contributed by atoms with Crippen LogP contribution in [0, 0.1) is 5.92 Å². The Labute approximate surface area is 99.3 Å². The fraction of sp³-hybridized carbons (Fsp3) is 0.385. The highest BCUT2D eigenvalue weighted by atomic mass is 79.9. The van der Waals surface area contributed by atoms with Gasteiger partial charge in [0, 0.05) is 4.47 Å². The summed E-state index contributed by atoms with van der Waals surface area (Å²) < 4.78 is 6.45. The number of allylic oxidation sites excluding steroid dienone is 2. The molecule has 0 fully saturated rings. The lowest BCUT2D eigenvalue weighted by atomic mass is 9.97. The van der Waals surface area contributed by atoms with Gasteiger partial charge >= 0.3 is 0 Å². The molecule has 0 radical (unpaired) electrons. The maximum absolute atomic E-state index is 5.29. The Kier molecular flexibility index (Phi) is 2.87. The van der Waals surface area contributed by atoms with Crippen LogP contribution in [0.4, 0.5) is 0 Å². The normalized spacial score (nSPS) is 14.1. The van der Waals surface area contributed by atoms with Crippen molar-refractivity contribution in [3.63, 3.8) is 0 Å². The van der Waals surface area contributed by atoms with Crippen molar-refractivity contribution in [3.05, 3.63) is 33.8 Å². The van der Waals surface area contributed by atoms with Crippen LogP contribution in [0.2, 0.25) is 0 Å². The van der Waals surface area contributed by atoms with Crippen LogP contribution in [-0.4, -0.2) is 7.11 Å². The maximum atomic E-state index is 5.29. The van der Waals surface area contributed by atoms with E-state index in [0.717, 1.165) is 16.6 Å². The third-order valence-corrected chi connectivity index (χ3v) is 3.57. The summed E-state index contributed by atoms with van der Waals surface area (Å²) in [5.74, 6) is 1.50. The van der Waals surface area contributed by atoms with Crippen LogP contribution in [-0.2, 0) is 6.42 Å². The first kappa shape index (κ1) is 10.7. The van der Waals surface area contributed by atoms with Gasteiger partial charge in [-0.2, -0.15) is 0 Å². The molecular weight excluding hydrogens is 252 g/mol. The van der Waals surface area contributed by atoms with Gasteiger partial charge in [0.05, 0.1) is 7.11 Å². The Morgan fingerprint density at radius 3 is 2.67 bits per heavy atom. The highest BCUT2D eigenvalue weighted by molar-refractivity contribution is 9.10. The summed E-state index contributed by atoms with van der Waals surface area (Å²) in [5, 5.41) is 0. The Balaban J connectivity index is 2.52. The van der Waals surface area contributed by atoms with Gasteiger partial charge in [0.15, 0.2) is 0 Å². The van der Waals surface area contributed by atoms with Crippen LogP contribution in [0.1, 0.15) is 25.0 Å². The standard InChI is InChI=1S/C13H15BrO/c1-8(2)10-4-5-11-12(10)6-9(15-3)7-13(11)14/h4,6-8H,5H2,1-3H3. The van der Waals surface area contributed by atoms with E-state index in [1.54, 1.807) is 7.11 Å².